The van der Waals surface area contributed by atoms with Crippen molar-refractivity contribution in [3.63, 3.8) is 0 Å². The van der Waals surface area contributed by atoms with Gasteiger partial charge in [-0.15, -0.1) is 0 Å². The van der Waals surface area contributed by atoms with Crippen molar-refractivity contribution >= 4 is 0 Å². The lowest BCUT2D eigenvalue weighted by Crippen LogP contribution is -2.38. The summed E-state index contributed by atoms with van der Waals surface area (Å²) in [4.78, 5) is 0. The van der Waals surface area contributed by atoms with Crippen LogP contribution in [0.2, 0.25) is 0 Å². The molecule has 0 aromatic heterocycles. The van der Waals surface area contributed by atoms with Gasteiger partial charge in [-0.2, -0.15) is 0 Å². The molecule has 1 saturated carbocycles. The summed E-state index contributed by atoms with van der Waals surface area (Å²) in [6, 6.07) is 1.55. The Kier molecular flexibility index (Phi) is 7.92. The highest BCUT2D eigenvalue weighted by molar-refractivity contribution is 4.77. The smallest absolute Gasteiger partial charge is 0.00697 e. The van der Waals surface area contributed by atoms with Crippen molar-refractivity contribution in [2.45, 2.75) is 97.1 Å². The lowest BCUT2D eigenvalue weighted by atomic mass is 9.87. The second-order valence-corrected chi connectivity index (χ2v) is 6.23. The highest BCUT2D eigenvalue weighted by Gasteiger charge is 2.18. The normalized spacial score (nSPS) is 27.0. The third-order valence-corrected chi connectivity index (χ3v) is 4.28. The fourth-order valence-corrected chi connectivity index (χ4v) is 2.97. The molecule has 0 heterocycles. The zero-order chi connectivity index (χ0) is 12.5. The molecule has 0 saturated heterocycles. The molecule has 102 valence electrons. The number of hydrogen-bond donors (Lipinski definition) is 1. The predicted molar refractivity (Wildman–Crippen MR) is 77.4 cm³/mol. The van der Waals surface area contributed by atoms with E-state index in [1.54, 1.807) is 0 Å². The minimum atomic E-state index is 0.732. The second kappa shape index (κ2) is 8.97. The number of nitrogens with one attached hydrogen (secondary N) is 1. The van der Waals surface area contributed by atoms with Gasteiger partial charge in [0.1, 0.15) is 0 Å². The minimum absolute atomic E-state index is 0.732. The average Bonchev–Trinajstić information content (AvgIpc) is 2.32. The third kappa shape index (κ3) is 7.08. The van der Waals surface area contributed by atoms with Crippen LogP contribution in [0.4, 0.5) is 0 Å². The highest BCUT2D eigenvalue weighted by atomic mass is 14.9. The van der Waals surface area contributed by atoms with Crippen LogP contribution >= 0.6 is 0 Å². The van der Waals surface area contributed by atoms with Crippen molar-refractivity contribution < 1.29 is 0 Å². The first-order valence-electron chi connectivity index (χ1n) is 7.98. The summed E-state index contributed by atoms with van der Waals surface area (Å²) in [6.07, 6.45) is 14.1. The summed E-state index contributed by atoms with van der Waals surface area (Å²) in [5.74, 6) is 0.970. The van der Waals surface area contributed by atoms with Gasteiger partial charge in [-0.25, -0.2) is 0 Å². The topological polar surface area (TPSA) is 12.0 Å². The van der Waals surface area contributed by atoms with Gasteiger partial charge >= 0.3 is 0 Å². The molecule has 0 bridgehead atoms. The first kappa shape index (κ1) is 15.0. The van der Waals surface area contributed by atoms with Crippen LogP contribution in [0, 0.1) is 5.92 Å². The van der Waals surface area contributed by atoms with E-state index in [-0.39, 0.29) is 0 Å². The largest absolute Gasteiger partial charge is 0.312 e. The van der Waals surface area contributed by atoms with E-state index in [2.05, 4.69) is 26.1 Å². The average molecular weight is 239 g/mol. The van der Waals surface area contributed by atoms with Gasteiger partial charge in [-0.05, 0) is 44.9 Å². The van der Waals surface area contributed by atoms with Crippen molar-refractivity contribution in [2.75, 3.05) is 0 Å². The predicted octanol–water partition coefficient (Wildman–Crippen LogP) is 4.90. The zero-order valence-corrected chi connectivity index (χ0v) is 12.3. The fourth-order valence-electron chi connectivity index (χ4n) is 2.97. The molecule has 1 heteroatoms. The van der Waals surface area contributed by atoms with Gasteiger partial charge in [0, 0.05) is 12.1 Å². The van der Waals surface area contributed by atoms with Gasteiger partial charge in [-0.3, -0.25) is 0 Å². The van der Waals surface area contributed by atoms with Gasteiger partial charge in [0.25, 0.3) is 0 Å². The van der Waals surface area contributed by atoms with Crippen LogP contribution in [0.15, 0.2) is 0 Å². The molecule has 0 aromatic carbocycles. The van der Waals surface area contributed by atoms with E-state index >= 15 is 0 Å². The lowest BCUT2D eigenvalue weighted by Gasteiger charge is -2.29. The van der Waals surface area contributed by atoms with Gasteiger partial charge in [0.15, 0.2) is 0 Å². The zero-order valence-electron chi connectivity index (χ0n) is 12.3. The maximum absolute atomic E-state index is 3.83. The van der Waals surface area contributed by atoms with Crippen LogP contribution in [0.25, 0.3) is 0 Å². The van der Waals surface area contributed by atoms with Crippen LogP contribution in [0.5, 0.6) is 0 Å². The van der Waals surface area contributed by atoms with Crippen molar-refractivity contribution in [2.24, 2.45) is 5.92 Å². The third-order valence-electron chi connectivity index (χ3n) is 4.28. The van der Waals surface area contributed by atoms with Gasteiger partial charge in [-0.1, -0.05) is 46.0 Å². The molecule has 0 aromatic rings. The Balaban J connectivity index is 1.98. The molecule has 17 heavy (non-hydrogen) atoms. The molecule has 1 nitrogen and oxygen atoms in total. The molecule has 1 aliphatic carbocycles. The number of unbranched alkanes of at least 4 members (excludes halogenated alkanes) is 4. The SMILES string of the molecule is CCCCCCCC(C)NC1CCC(C)CC1. The molecule has 0 aliphatic heterocycles. The molecule has 1 unspecified atom stereocenters. The Bertz CT molecular complexity index is 170. The fraction of sp³-hybridized carbons (Fsp3) is 1.00. The number of hydrogen-bond acceptors (Lipinski definition) is 1. The van der Waals surface area contributed by atoms with E-state index < -0.39 is 0 Å². The Morgan fingerprint density at radius 3 is 2.29 bits per heavy atom. The first-order chi connectivity index (χ1) is 8.22. The van der Waals surface area contributed by atoms with Gasteiger partial charge in [0.2, 0.25) is 0 Å². The Morgan fingerprint density at radius 1 is 1.00 bits per heavy atom. The maximum Gasteiger partial charge on any atom is 0.00697 e. The molecule has 0 amide bonds. The first-order valence-corrected chi connectivity index (χ1v) is 7.98. The van der Waals surface area contributed by atoms with E-state index in [1.807, 2.05) is 0 Å². The van der Waals surface area contributed by atoms with E-state index in [0.29, 0.717) is 0 Å². The van der Waals surface area contributed by atoms with Crippen molar-refractivity contribution in [3.05, 3.63) is 0 Å². The molecule has 1 aliphatic rings. The van der Waals surface area contributed by atoms with Crippen molar-refractivity contribution in [3.8, 4) is 0 Å². The molecular formula is C16H33N. The maximum atomic E-state index is 3.83. The summed E-state index contributed by atoms with van der Waals surface area (Å²) < 4.78 is 0. The summed E-state index contributed by atoms with van der Waals surface area (Å²) in [5, 5.41) is 3.83. The lowest BCUT2D eigenvalue weighted by molar-refractivity contribution is 0.284. The van der Waals surface area contributed by atoms with Crippen LogP contribution in [-0.2, 0) is 0 Å². The molecular weight excluding hydrogens is 206 g/mol. The summed E-state index contributed by atoms with van der Waals surface area (Å²) in [6.45, 7) is 7.06. The van der Waals surface area contributed by atoms with Crippen LogP contribution in [0.3, 0.4) is 0 Å². The van der Waals surface area contributed by atoms with Crippen molar-refractivity contribution in [1.29, 1.82) is 0 Å². The van der Waals surface area contributed by atoms with E-state index in [4.69, 9.17) is 0 Å². The Hall–Kier alpha value is -0.0400. The monoisotopic (exact) mass is 239 g/mol. The Labute approximate surface area is 109 Å². The quantitative estimate of drug-likeness (QED) is 0.594. The van der Waals surface area contributed by atoms with Crippen LogP contribution in [0.1, 0.15) is 85.0 Å². The highest BCUT2D eigenvalue weighted by Crippen LogP contribution is 2.24. The summed E-state index contributed by atoms with van der Waals surface area (Å²) >= 11 is 0. The molecule has 1 N–H and O–H groups in total. The summed E-state index contributed by atoms with van der Waals surface area (Å²) in [7, 11) is 0. The van der Waals surface area contributed by atoms with Crippen LogP contribution < -0.4 is 5.32 Å². The molecule has 0 spiro atoms. The Morgan fingerprint density at radius 2 is 1.65 bits per heavy atom. The van der Waals surface area contributed by atoms with Crippen molar-refractivity contribution in [1.82, 2.24) is 5.32 Å². The van der Waals surface area contributed by atoms with E-state index in [9.17, 15) is 0 Å². The molecule has 1 fully saturated rings. The standard InChI is InChI=1S/C16H33N/c1-4-5-6-7-8-9-15(3)17-16-12-10-14(2)11-13-16/h14-17H,4-13H2,1-3H3. The van der Waals surface area contributed by atoms with E-state index in [1.165, 1.54) is 64.2 Å². The second-order valence-electron chi connectivity index (χ2n) is 6.23. The van der Waals surface area contributed by atoms with Gasteiger partial charge in [0.05, 0.1) is 0 Å². The number of rotatable bonds is 8. The minimum Gasteiger partial charge on any atom is -0.312 e. The summed E-state index contributed by atoms with van der Waals surface area (Å²) in [5.41, 5.74) is 0. The molecule has 1 rings (SSSR count). The molecule has 1 atom stereocenters. The molecule has 0 radical (unpaired) electrons. The van der Waals surface area contributed by atoms with Crippen LogP contribution in [-0.4, -0.2) is 12.1 Å². The van der Waals surface area contributed by atoms with Gasteiger partial charge < -0.3 is 5.32 Å². The van der Waals surface area contributed by atoms with E-state index in [0.717, 1.165) is 18.0 Å².